The normalized spacial score (nSPS) is 20.1. The lowest BCUT2D eigenvalue weighted by Crippen LogP contribution is -2.25. The predicted molar refractivity (Wildman–Crippen MR) is 402 cm³/mol. The molecule has 12 rings (SSSR count). The van der Waals surface area contributed by atoms with Gasteiger partial charge in [0.1, 0.15) is 0 Å². The fraction of sp³-hybridized carbons (Fsp3) is 0.500. The van der Waals surface area contributed by atoms with Gasteiger partial charge in [-0.25, -0.2) is 19.6 Å². The van der Waals surface area contributed by atoms with Crippen LogP contribution in [0.4, 0.5) is 0 Å². The molecule has 0 N–H and O–H groups in total. The molecule has 0 amide bonds. The number of benzene rings is 4. The first kappa shape index (κ1) is 82.6. The van der Waals surface area contributed by atoms with E-state index in [0.29, 0.717) is 58.6 Å². The first-order valence-electron chi connectivity index (χ1n) is 34.7. The number of pyridine rings is 4. The van der Waals surface area contributed by atoms with Gasteiger partial charge >= 0.3 is 11.9 Å². The number of rotatable bonds is 18. The fourth-order valence-electron chi connectivity index (χ4n) is 14.1. The highest BCUT2D eigenvalue weighted by atomic mass is 16.5. The van der Waals surface area contributed by atoms with Gasteiger partial charge in [-0.1, -0.05) is 57.4 Å². The molecule has 4 aromatic carbocycles. The molecule has 0 aliphatic heterocycles. The second kappa shape index (κ2) is 39.8. The number of Topliss-reactive ketones (excluding diaryl/α,β-unsaturated/α-hetero) is 4. The molecule has 16 heteroatoms. The summed E-state index contributed by atoms with van der Waals surface area (Å²) in [4.78, 5) is 92.9. The van der Waals surface area contributed by atoms with Gasteiger partial charge in [0, 0.05) is 108 Å². The number of carbonyl (C=O) groups is 6. The number of aryl methyl sites for hydroxylation is 4. The van der Waals surface area contributed by atoms with Crippen LogP contribution in [-0.2, 0) is 54.1 Å². The highest BCUT2D eigenvalue weighted by Gasteiger charge is 2.31. The van der Waals surface area contributed by atoms with Crippen LogP contribution in [0, 0.1) is 23.7 Å². The Morgan fingerprint density at radius 3 is 0.810 bits per heavy atom. The minimum Gasteiger partial charge on any atom is -0.464 e. The third kappa shape index (κ3) is 20.6. The fourth-order valence-corrected chi connectivity index (χ4v) is 14.1. The summed E-state index contributed by atoms with van der Waals surface area (Å²) >= 11 is 0. The summed E-state index contributed by atoms with van der Waals surface area (Å²) in [5, 5.41) is 3.89. The van der Waals surface area contributed by atoms with E-state index in [0.717, 1.165) is 170 Å². The molecule has 4 heterocycles. The van der Waals surface area contributed by atoms with Crippen molar-refractivity contribution in [2.24, 2.45) is 23.7 Å². The Morgan fingerprint density at radius 1 is 0.330 bits per heavy atom. The third-order valence-corrected chi connectivity index (χ3v) is 20.3. The average molecular weight is 1370 g/mol. The molecule has 100 heavy (non-hydrogen) atoms. The number of ketones is 4. The van der Waals surface area contributed by atoms with Crippen LogP contribution in [0.25, 0.3) is 43.6 Å². The van der Waals surface area contributed by atoms with Crippen LogP contribution < -0.4 is 0 Å². The van der Waals surface area contributed by atoms with Crippen molar-refractivity contribution in [1.82, 2.24) is 19.9 Å². The number of nitrogens with zero attached hydrogens (tertiary/aromatic N) is 4. The van der Waals surface area contributed by atoms with E-state index in [1.807, 2.05) is 111 Å². The smallest absolute Gasteiger partial charge is 0.356 e. The van der Waals surface area contributed by atoms with Crippen LogP contribution >= 0.6 is 0 Å². The minimum absolute atomic E-state index is 0. The van der Waals surface area contributed by atoms with Gasteiger partial charge in [-0.05, 0) is 248 Å². The Bertz CT molecular complexity index is 3760. The van der Waals surface area contributed by atoms with Crippen LogP contribution in [0.1, 0.15) is 245 Å². The summed E-state index contributed by atoms with van der Waals surface area (Å²) in [6, 6.07) is 31.0. The van der Waals surface area contributed by atoms with Crippen molar-refractivity contribution in [3.63, 3.8) is 0 Å². The predicted octanol–water partition coefficient (Wildman–Crippen LogP) is 18.9. The van der Waals surface area contributed by atoms with Gasteiger partial charge < -0.3 is 28.4 Å². The van der Waals surface area contributed by atoms with Gasteiger partial charge in [-0.2, -0.15) is 0 Å². The monoisotopic (exact) mass is 1370 g/mol. The van der Waals surface area contributed by atoms with Gasteiger partial charge in [0.05, 0.1) is 60.7 Å². The Labute approximate surface area is 594 Å². The van der Waals surface area contributed by atoms with Gasteiger partial charge in [-0.3, -0.25) is 29.1 Å². The number of esters is 2. The Hall–Kier alpha value is -8.02. The molecule has 8 aromatic rings. The average Bonchev–Trinajstić information content (AvgIpc) is 0.819. The minimum atomic E-state index is -0.432. The molecule has 0 saturated heterocycles. The van der Waals surface area contributed by atoms with E-state index in [4.69, 9.17) is 28.4 Å². The summed E-state index contributed by atoms with van der Waals surface area (Å²) < 4.78 is 31.2. The number of methoxy groups -OCH3 is 6. The maximum absolute atomic E-state index is 12.9. The highest BCUT2D eigenvalue weighted by Crippen LogP contribution is 2.35. The maximum Gasteiger partial charge on any atom is 0.356 e. The molecule has 0 atom stereocenters. The quantitative estimate of drug-likeness (QED) is 0.0578. The zero-order valence-corrected chi connectivity index (χ0v) is 57.8. The molecule has 0 bridgehead atoms. The number of hydrogen-bond donors (Lipinski definition) is 0. The van der Waals surface area contributed by atoms with E-state index in [9.17, 15) is 28.8 Å². The topological polar surface area (TPSA) is 209 Å². The molecule has 4 aliphatic carbocycles. The lowest BCUT2D eigenvalue weighted by atomic mass is 9.82. The molecule has 540 valence electrons. The van der Waals surface area contributed by atoms with E-state index in [1.165, 1.54) is 25.3 Å². The van der Waals surface area contributed by atoms with Crippen molar-refractivity contribution >= 4 is 78.7 Å². The molecule has 4 fully saturated rings. The lowest BCUT2D eigenvalue weighted by Gasteiger charge is -2.26. The first-order chi connectivity index (χ1) is 46.5. The number of carbonyl (C=O) groups excluding carboxylic acids is 6. The van der Waals surface area contributed by atoms with Crippen LogP contribution in [0.5, 0.6) is 0 Å². The van der Waals surface area contributed by atoms with Crippen LogP contribution in [0.3, 0.4) is 0 Å². The van der Waals surface area contributed by atoms with Gasteiger partial charge in [0.15, 0.2) is 34.5 Å². The number of hydrogen-bond acceptors (Lipinski definition) is 16. The van der Waals surface area contributed by atoms with Crippen molar-refractivity contribution in [1.29, 1.82) is 0 Å². The largest absolute Gasteiger partial charge is 0.464 e. The maximum atomic E-state index is 12.9. The van der Waals surface area contributed by atoms with Crippen molar-refractivity contribution < 1.29 is 57.2 Å². The van der Waals surface area contributed by atoms with Crippen molar-refractivity contribution in [2.45, 2.75) is 210 Å². The van der Waals surface area contributed by atoms with Gasteiger partial charge in [-0.15, -0.1) is 0 Å². The second-order valence-corrected chi connectivity index (χ2v) is 26.0. The lowest BCUT2D eigenvalue weighted by molar-refractivity contribution is 0.0515. The Kier molecular flexibility index (Phi) is 32.9. The zero-order valence-electron chi connectivity index (χ0n) is 57.8. The molecular weight excluding hydrogens is 1260 g/mol. The van der Waals surface area contributed by atoms with E-state index in [-0.39, 0.29) is 88.7 Å². The standard InChI is InChI=1S/2C21H25NO4.2C19H23NO2.4CH4/c2*1-4-13-11-16-12-15(7-10-18(16)22-19(13)21(24)26-3)20(23)14-5-8-17(25-2)9-6-14;2*1-3-13-10-16-11-15(6-9-18(16)20-12-13)19(21)14-4-7-17(22-2)8-5-14;;;;/h2*7,10-12,14,17H,4-6,8-9H2,1-3H3;2*6,9-12,14,17H,3-5,7-8H2,1-2H3;4*1H4. The molecule has 4 aliphatic rings. The van der Waals surface area contributed by atoms with Crippen molar-refractivity contribution in [3.8, 4) is 0 Å². The first-order valence-corrected chi connectivity index (χ1v) is 34.7. The number of aromatic nitrogens is 4. The van der Waals surface area contributed by atoms with E-state index >= 15 is 0 Å². The van der Waals surface area contributed by atoms with E-state index in [2.05, 4.69) is 45.9 Å². The summed E-state index contributed by atoms with van der Waals surface area (Å²) in [6.07, 6.45) is 23.2. The highest BCUT2D eigenvalue weighted by molar-refractivity contribution is 6.04. The molecular formula is C84H112N4O12. The summed E-state index contributed by atoms with van der Waals surface area (Å²) in [5.41, 5.74) is 11.1. The number of ether oxygens (including phenoxy) is 6. The van der Waals surface area contributed by atoms with E-state index < -0.39 is 11.9 Å². The van der Waals surface area contributed by atoms with E-state index in [1.54, 1.807) is 28.4 Å². The molecule has 4 saturated carbocycles. The van der Waals surface area contributed by atoms with Crippen LogP contribution in [-0.4, -0.2) is 122 Å². The molecule has 16 nitrogen and oxygen atoms in total. The summed E-state index contributed by atoms with van der Waals surface area (Å²) in [7, 11) is 9.69. The summed E-state index contributed by atoms with van der Waals surface area (Å²) in [5.74, 6) is 0.485. The van der Waals surface area contributed by atoms with Crippen LogP contribution in [0.15, 0.2) is 109 Å². The molecule has 0 unspecified atom stereocenters. The Balaban J connectivity index is 0.000000238. The van der Waals surface area contributed by atoms with Crippen molar-refractivity contribution in [2.75, 3.05) is 42.7 Å². The molecule has 0 radical (unpaired) electrons. The third-order valence-electron chi connectivity index (χ3n) is 20.3. The SMILES string of the molecule is C.C.C.C.CCc1cc2cc(C(=O)C3CCC(OC)CC3)ccc2nc1C(=O)OC.CCc1cc2cc(C(=O)C3CCC(OC)CC3)ccc2nc1C(=O)OC.CCc1cnc2ccc(C(=O)C3CCC(OC)CC3)cc2c1.CCc1cnc2ccc(C(=O)C3CCC(OC)CC3)cc2c1. The van der Waals surface area contributed by atoms with Crippen LogP contribution in [0.2, 0.25) is 0 Å². The van der Waals surface area contributed by atoms with Crippen molar-refractivity contribution in [3.05, 3.63) is 165 Å². The van der Waals surface area contributed by atoms with Gasteiger partial charge in [0.25, 0.3) is 0 Å². The number of fused-ring (bicyclic) bond motifs is 4. The second-order valence-electron chi connectivity index (χ2n) is 26.0. The Morgan fingerprint density at radius 2 is 0.580 bits per heavy atom. The molecule has 4 aromatic heterocycles. The molecule has 0 spiro atoms. The van der Waals surface area contributed by atoms with Gasteiger partial charge in [0.2, 0.25) is 0 Å². The summed E-state index contributed by atoms with van der Waals surface area (Å²) in [6.45, 7) is 8.18. The zero-order chi connectivity index (χ0) is 68.4.